The normalized spacial score (nSPS) is 22.0. The first-order chi connectivity index (χ1) is 5.81. The molecule has 10 heavy (non-hydrogen) atoms. The number of carboxylic acids is 1. The molecule has 0 aliphatic carbocycles. The lowest BCUT2D eigenvalue weighted by atomic mass is 9.99. The van der Waals surface area contributed by atoms with E-state index in [1.165, 1.54) is 0 Å². The number of aliphatic carboxylic acids is 1. The van der Waals surface area contributed by atoms with Crippen LogP contribution in [0.3, 0.4) is 0 Å². The molecule has 60 valence electrons. The minimum Gasteiger partial charge on any atom is -0.481 e. The van der Waals surface area contributed by atoms with Gasteiger partial charge < -0.3 is 5.11 Å². The van der Waals surface area contributed by atoms with Crippen LogP contribution >= 0.6 is 0 Å². The minimum atomic E-state index is -2.00. The van der Waals surface area contributed by atoms with Crippen molar-refractivity contribution in [3.63, 3.8) is 0 Å². The summed E-state index contributed by atoms with van der Waals surface area (Å²) in [6.07, 6.45) is -1.38. The van der Waals surface area contributed by atoms with Gasteiger partial charge in [0.2, 0.25) is 0 Å². The molecule has 0 aromatic rings. The summed E-state index contributed by atoms with van der Waals surface area (Å²) in [7, 11) is 0. The molecule has 0 heterocycles. The predicted octanol–water partition coefficient (Wildman–Crippen LogP) is 2.29. The second-order valence-corrected chi connectivity index (χ2v) is 2.06. The molecule has 0 aromatic carbocycles. The fourth-order valence-electron chi connectivity index (χ4n) is 0.734. The fourth-order valence-corrected chi connectivity index (χ4v) is 0.734. The lowest BCUT2D eigenvalue weighted by molar-refractivity contribution is -0.142. The zero-order valence-electron chi connectivity index (χ0n) is 9.48. The van der Waals surface area contributed by atoms with Crippen molar-refractivity contribution >= 4 is 5.97 Å². The highest BCUT2D eigenvalue weighted by Crippen LogP contribution is 2.12. The first kappa shape index (κ1) is 5.16. The number of carbonyl (C=O) groups is 1. The smallest absolute Gasteiger partial charge is 0.306 e. The lowest BCUT2D eigenvalue weighted by Crippen LogP contribution is -2.12. The fraction of sp³-hybridized carbons (Fsp3) is 0.875. The van der Waals surface area contributed by atoms with Gasteiger partial charge in [-0.05, 0) is 12.8 Å². The van der Waals surface area contributed by atoms with Gasteiger partial charge >= 0.3 is 5.97 Å². The molecule has 1 unspecified atom stereocenters. The second kappa shape index (κ2) is 5.27. The van der Waals surface area contributed by atoms with Crippen molar-refractivity contribution in [2.75, 3.05) is 0 Å². The van der Waals surface area contributed by atoms with E-state index < -0.39 is 18.2 Å². The summed E-state index contributed by atoms with van der Waals surface area (Å²) < 4.78 is 22.5. The molecule has 0 bridgehead atoms. The summed E-state index contributed by atoms with van der Waals surface area (Å²) in [6.45, 7) is 3.31. The van der Waals surface area contributed by atoms with Crippen LogP contribution in [0.1, 0.15) is 43.6 Å². The SMILES string of the molecule is [2H]C([2H])(CC)C([2H])(CCC)C(=O)O. The summed E-state index contributed by atoms with van der Waals surface area (Å²) in [6, 6.07) is 0. The first-order valence-electron chi connectivity index (χ1n) is 5.05. The number of rotatable bonds is 5. The first-order valence-corrected chi connectivity index (χ1v) is 3.55. The van der Waals surface area contributed by atoms with Crippen LogP contribution in [0.15, 0.2) is 0 Å². The third-order valence-corrected chi connectivity index (χ3v) is 1.15. The molecule has 0 saturated carbocycles. The molecular weight excluding hydrogens is 128 g/mol. The standard InChI is InChI=1S/C8H16O2/c1-3-5-7(6-4-2)8(9)10/h7H,3-6H2,1-2H3,(H,9,10)/i5D2,7D. The summed E-state index contributed by atoms with van der Waals surface area (Å²) >= 11 is 0. The maximum atomic E-state index is 10.8. The third-order valence-electron chi connectivity index (χ3n) is 1.15. The van der Waals surface area contributed by atoms with E-state index in [0.717, 1.165) is 0 Å². The highest BCUT2D eigenvalue weighted by molar-refractivity contribution is 5.69. The van der Waals surface area contributed by atoms with Crippen molar-refractivity contribution in [1.82, 2.24) is 0 Å². The zero-order chi connectivity index (χ0) is 10.7. The van der Waals surface area contributed by atoms with Crippen molar-refractivity contribution in [1.29, 1.82) is 0 Å². The van der Waals surface area contributed by atoms with Gasteiger partial charge in [0.15, 0.2) is 0 Å². The average Bonchev–Trinajstić information content (AvgIpc) is 2.04. The van der Waals surface area contributed by atoms with Gasteiger partial charge in [0.05, 0.1) is 5.89 Å². The van der Waals surface area contributed by atoms with E-state index in [2.05, 4.69) is 0 Å². The molecule has 2 heteroatoms. The van der Waals surface area contributed by atoms with Crippen LogP contribution in [0.4, 0.5) is 0 Å². The predicted molar refractivity (Wildman–Crippen MR) is 40.9 cm³/mol. The maximum absolute atomic E-state index is 10.8. The summed E-state index contributed by atoms with van der Waals surface area (Å²) in [5.41, 5.74) is 0. The van der Waals surface area contributed by atoms with Gasteiger partial charge in [-0.25, -0.2) is 0 Å². The molecule has 0 aliphatic rings. The van der Waals surface area contributed by atoms with E-state index >= 15 is 0 Å². The second-order valence-electron chi connectivity index (χ2n) is 2.06. The Labute approximate surface area is 66.5 Å². The molecular formula is C8H16O2. The molecule has 1 N–H and O–H groups in total. The average molecular weight is 147 g/mol. The van der Waals surface area contributed by atoms with Crippen molar-refractivity contribution in [3.05, 3.63) is 0 Å². The van der Waals surface area contributed by atoms with Crippen molar-refractivity contribution in [2.24, 2.45) is 5.89 Å². The van der Waals surface area contributed by atoms with Gasteiger partial charge in [0.25, 0.3) is 0 Å². The molecule has 0 fully saturated rings. The molecule has 0 radical (unpaired) electrons. The van der Waals surface area contributed by atoms with Gasteiger partial charge in [0.1, 0.15) is 0 Å². The lowest BCUT2D eigenvalue weighted by Gasteiger charge is -2.07. The number of hydrogen-bond donors (Lipinski definition) is 1. The Morgan fingerprint density at radius 2 is 2.30 bits per heavy atom. The van der Waals surface area contributed by atoms with E-state index in [4.69, 9.17) is 9.22 Å². The van der Waals surface area contributed by atoms with E-state index in [1.807, 2.05) is 0 Å². The van der Waals surface area contributed by atoms with Gasteiger partial charge in [0, 0.05) is 4.11 Å². The maximum Gasteiger partial charge on any atom is 0.306 e. The molecule has 0 spiro atoms. The van der Waals surface area contributed by atoms with E-state index in [0.29, 0.717) is 6.42 Å². The van der Waals surface area contributed by atoms with Crippen LogP contribution in [0, 0.1) is 5.89 Å². The van der Waals surface area contributed by atoms with Crippen LogP contribution in [-0.4, -0.2) is 11.1 Å². The van der Waals surface area contributed by atoms with E-state index in [9.17, 15) is 4.79 Å². The quantitative estimate of drug-likeness (QED) is 0.647. The van der Waals surface area contributed by atoms with Crippen LogP contribution in [-0.2, 0) is 4.79 Å². The third kappa shape index (κ3) is 3.49. The molecule has 0 aliphatic heterocycles. The number of hydrogen-bond acceptors (Lipinski definition) is 1. The Hall–Kier alpha value is -0.530. The van der Waals surface area contributed by atoms with Crippen molar-refractivity contribution < 1.29 is 14.0 Å². The Balaban J connectivity index is 4.88. The number of carboxylic acid groups (broad SMARTS) is 1. The summed E-state index contributed by atoms with van der Waals surface area (Å²) in [5.74, 6) is -3.38. The van der Waals surface area contributed by atoms with Gasteiger partial charge in [-0.3, -0.25) is 4.79 Å². The van der Waals surface area contributed by atoms with Crippen molar-refractivity contribution in [2.45, 2.75) is 39.5 Å². The van der Waals surface area contributed by atoms with E-state index in [1.54, 1.807) is 13.8 Å². The Kier molecular flexibility index (Phi) is 2.72. The Morgan fingerprint density at radius 1 is 1.70 bits per heavy atom. The minimum absolute atomic E-state index is 0.0444. The Bertz CT molecular complexity index is 194. The van der Waals surface area contributed by atoms with Gasteiger partial charge in [-0.15, -0.1) is 0 Å². The van der Waals surface area contributed by atoms with Gasteiger partial charge in [-0.2, -0.15) is 0 Å². The monoisotopic (exact) mass is 147 g/mol. The van der Waals surface area contributed by atoms with Crippen LogP contribution in [0.25, 0.3) is 0 Å². The highest BCUT2D eigenvalue weighted by Gasteiger charge is 2.13. The van der Waals surface area contributed by atoms with Crippen LogP contribution in [0.2, 0.25) is 0 Å². The molecule has 1 atom stereocenters. The van der Waals surface area contributed by atoms with Crippen LogP contribution < -0.4 is 0 Å². The zero-order valence-corrected chi connectivity index (χ0v) is 6.48. The molecule has 2 nitrogen and oxygen atoms in total. The highest BCUT2D eigenvalue weighted by atomic mass is 16.4. The molecule has 0 rings (SSSR count). The Morgan fingerprint density at radius 3 is 2.60 bits per heavy atom. The summed E-state index contributed by atoms with van der Waals surface area (Å²) in [4.78, 5) is 10.8. The largest absolute Gasteiger partial charge is 0.481 e. The molecule has 0 aromatic heterocycles. The van der Waals surface area contributed by atoms with Crippen molar-refractivity contribution in [3.8, 4) is 0 Å². The van der Waals surface area contributed by atoms with Gasteiger partial charge in [-0.1, -0.05) is 26.7 Å². The van der Waals surface area contributed by atoms with Crippen LogP contribution in [0.5, 0.6) is 0 Å². The molecule has 0 amide bonds. The molecule has 0 saturated heterocycles. The summed E-state index contributed by atoms with van der Waals surface area (Å²) in [5, 5.41) is 8.80. The topological polar surface area (TPSA) is 37.3 Å². The van der Waals surface area contributed by atoms with E-state index in [-0.39, 0.29) is 12.8 Å².